The minimum Gasteiger partial charge on any atom is -0.382 e. The molecule has 1 aliphatic carbocycles. The van der Waals surface area contributed by atoms with Crippen LogP contribution in [-0.4, -0.2) is 39.3 Å². The van der Waals surface area contributed by atoms with Gasteiger partial charge in [-0.05, 0) is 50.2 Å². The van der Waals surface area contributed by atoms with Crippen LogP contribution >= 0.6 is 24.0 Å². The van der Waals surface area contributed by atoms with Gasteiger partial charge in [-0.2, -0.15) is 0 Å². The number of rotatable bonds is 9. The van der Waals surface area contributed by atoms with Crippen LogP contribution in [-0.2, 0) is 11.2 Å². The molecule has 2 rings (SSSR count). The van der Waals surface area contributed by atoms with Gasteiger partial charge in [-0.3, -0.25) is 4.99 Å². The molecule has 1 aromatic rings. The number of halogens is 3. The number of benzene rings is 1. The van der Waals surface area contributed by atoms with Crippen LogP contribution in [0.25, 0.3) is 0 Å². The first-order valence-corrected chi connectivity index (χ1v) is 9.55. The molecule has 0 aliphatic heterocycles. The molecule has 0 amide bonds. The molecule has 0 saturated heterocycles. The number of nitrogens with zero attached hydrogens (tertiary/aromatic N) is 1. The Labute approximate surface area is 178 Å². The second-order valence-electron chi connectivity index (χ2n) is 6.96. The zero-order valence-corrected chi connectivity index (χ0v) is 18.7. The van der Waals surface area contributed by atoms with E-state index in [2.05, 4.69) is 15.6 Å². The molecule has 0 unspecified atom stereocenters. The zero-order chi connectivity index (χ0) is 18.8. The maximum Gasteiger partial charge on any atom is 0.191 e. The van der Waals surface area contributed by atoms with Gasteiger partial charge in [0.2, 0.25) is 0 Å². The van der Waals surface area contributed by atoms with Crippen molar-refractivity contribution in [2.45, 2.75) is 45.4 Å². The molecule has 0 aromatic heterocycles. The van der Waals surface area contributed by atoms with E-state index in [1.165, 1.54) is 43.9 Å². The molecule has 0 radical (unpaired) electrons. The highest BCUT2D eigenvalue weighted by molar-refractivity contribution is 14.0. The summed E-state index contributed by atoms with van der Waals surface area (Å²) in [6, 6.07) is 3.95. The summed E-state index contributed by atoms with van der Waals surface area (Å²) < 4.78 is 32.9. The van der Waals surface area contributed by atoms with E-state index in [4.69, 9.17) is 4.74 Å². The molecule has 1 aromatic carbocycles. The van der Waals surface area contributed by atoms with Crippen LogP contribution in [0.2, 0.25) is 0 Å². The summed E-state index contributed by atoms with van der Waals surface area (Å²) in [5.41, 5.74) is 0.365. The molecular weight excluding hydrogens is 463 g/mol. The normalized spacial score (nSPS) is 16.1. The summed E-state index contributed by atoms with van der Waals surface area (Å²) in [6.07, 6.45) is 6.23. The molecule has 0 bridgehead atoms. The maximum absolute atomic E-state index is 13.7. The number of guanidine groups is 1. The minimum absolute atomic E-state index is 0. The van der Waals surface area contributed by atoms with E-state index >= 15 is 0 Å². The van der Waals surface area contributed by atoms with Crippen molar-refractivity contribution < 1.29 is 13.5 Å². The molecule has 1 fully saturated rings. The lowest BCUT2D eigenvalue weighted by Gasteiger charge is -2.30. The molecule has 0 spiro atoms. The first-order valence-electron chi connectivity index (χ1n) is 9.55. The molecule has 0 heterocycles. The number of ether oxygens (including phenoxy) is 1. The van der Waals surface area contributed by atoms with E-state index in [9.17, 15) is 8.78 Å². The third-order valence-electron chi connectivity index (χ3n) is 5.23. The Balaban J connectivity index is 0.00000364. The first-order chi connectivity index (χ1) is 12.6. The van der Waals surface area contributed by atoms with Crippen molar-refractivity contribution in [3.8, 4) is 0 Å². The molecule has 27 heavy (non-hydrogen) atoms. The van der Waals surface area contributed by atoms with Gasteiger partial charge >= 0.3 is 0 Å². The van der Waals surface area contributed by atoms with Gasteiger partial charge in [0.1, 0.15) is 11.6 Å². The van der Waals surface area contributed by atoms with Crippen molar-refractivity contribution in [3.05, 3.63) is 35.4 Å². The molecule has 1 saturated carbocycles. The topological polar surface area (TPSA) is 45.6 Å². The molecule has 1 aliphatic rings. The fourth-order valence-corrected chi connectivity index (χ4v) is 3.64. The van der Waals surface area contributed by atoms with Gasteiger partial charge in [-0.1, -0.05) is 18.9 Å². The Morgan fingerprint density at radius 3 is 2.44 bits per heavy atom. The minimum atomic E-state index is -0.504. The van der Waals surface area contributed by atoms with Crippen LogP contribution in [0.15, 0.2) is 23.2 Å². The first kappa shape index (κ1) is 24.1. The summed E-state index contributed by atoms with van der Waals surface area (Å²) in [4.78, 5) is 4.23. The smallest absolute Gasteiger partial charge is 0.191 e. The number of hydrogen-bond acceptors (Lipinski definition) is 2. The van der Waals surface area contributed by atoms with Gasteiger partial charge in [0.05, 0.1) is 0 Å². The van der Waals surface area contributed by atoms with Crippen molar-refractivity contribution in [1.29, 1.82) is 0 Å². The highest BCUT2D eigenvalue weighted by Crippen LogP contribution is 2.40. The Hall–Kier alpha value is -0.960. The van der Waals surface area contributed by atoms with Crippen molar-refractivity contribution in [1.82, 2.24) is 10.6 Å². The molecule has 7 heteroatoms. The zero-order valence-electron chi connectivity index (χ0n) is 16.3. The Morgan fingerprint density at radius 2 is 1.85 bits per heavy atom. The van der Waals surface area contributed by atoms with Crippen LogP contribution in [0.3, 0.4) is 0 Å². The van der Waals surface area contributed by atoms with Gasteiger partial charge < -0.3 is 15.4 Å². The number of nitrogens with one attached hydrogen (secondary N) is 2. The maximum atomic E-state index is 13.7. The molecule has 2 N–H and O–H groups in total. The Kier molecular flexibility index (Phi) is 11.1. The Morgan fingerprint density at radius 1 is 1.19 bits per heavy atom. The largest absolute Gasteiger partial charge is 0.382 e. The van der Waals surface area contributed by atoms with Crippen LogP contribution < -0.4 is 10.6 Å². The average Bonchev–Trinajstić information content (AvgIpc) is 3.09. The predicted molar refractivity (Wildman–Crippen MR) is 117 cm³/mol. The van der Waals surface area contributed by atoms with Crippen LogP contribution in [0.5, 0.6) is 0 Å². The summed E-state index contributed by atoms with van der Waals surface area (Å²) in [5.74, 6) is -0.337. The van der Waals surface area contributed by atoms with E-state index in [0.29, 0.717) is 12.5 Å². The molecule has 4 nitrogen and oxygen atoms in total. The quantitative estimate of drug-likeness (QED) is 0.233. The van der Waals surface area contributed by atoms with Crippen LogP contribution in [0.4, 0.5) is 8.78 Å². The SMILES string of the molecule is CCOCCC1(CNC(=NC)NCCc2c(F)cccc2F)CCCC1.I. The van der Waals surface area contributed by atoms with Gasteiger partial charge in [0, 0.05) is 38.9 Å². The monoisotopic (exact) mass is 495 g/mol. The molecular formula is C20H32F2IN3O. The van der Waals surface area contributed by atoms with E-state index in [-0.39, 0.29) is 41.4 Å². The van der Waals surface area contributed by atoms with Crippen LogP contribution in [0.1, 0.15) is 44.6 Å². The predicted octanol–water partition coefficient (Wildman–Crippen LogP) is 4.28. The summed E-state index contributed by atoms with van der Waals surface area (Å²) in [7, 11) is 1.71. The molecule has 154 valence electrons. The number of aliphatic imine (C=N–C) groups is 1. The van der Waals surface area contributed by atoms with Crippen LogP contribution in [0, 0.1) is 17.0 Å². The lowest BCUT2D eigenvalue weighted by atomic mass is 9.83. The van der Waals surface area contributed by atoms with Crippen molar-refractivity contribution in [2.75, 3.05) is 33.4 Å². The highest BCUT2D eigenvalue weighted by atomic mass is 127. The lowest BCUT2D eigenvalue weighted by molar-refractivity contribution is 0.105. The van der Waals surface area contributed by atoms with Crippen molar-refractivity contribution >= 4 is 29.9 Å². The molecule has 0 atom stereocenters. The Bertz CT molecular complexity index is 572. The van der Waals surface area contributed by atoms with E-state index in [1.54, 1.807) is 7.05 Å². The third kappa shape index (κ3) is 7.52. The van der Waals surface area contributed by atoms with Crippen molar-refractivity contribution in [3.63, 3.8) is 0 Å². The van der Waals surface area contributed by atoms with E-state index < -0.39 is 11.6 Å². The van der Waals surface area contributed by atoms with Gasteiger partial charge in [-0.15, -0.1) is 24.0 Å². The summed E-state index contributed by atoms with van der Waals surface area (Å²) >= 11 is 0. The fraction of sp³-hybridized carbons (Fsp3) is 0.650. The van der Waals surface area contributed by atoms with Gasteiger partial charge in [-0.25, -0.2) is 8.78 Å². The number of hydrogen-bond donors (Lipinski definition) is 2. The average molecular weight is 495 g/mol. The lowest BCUT2D eigenvalue weighted by Crippen LogP contribution is -2.44. The second kappa shape index (κ2) is 12.5. The third-order valence-corrected chi connectivity index (χ3v) is 5.23. The van der Waals surface area contributed by atoms with E-state index in [1.807, 2.05) is 6.92 Å². The second-order valence-corrected chi connectivity index (χ2v) is 6.96. The highest BCUT2D eigenvalue weighted by Gasteiger charge is 2.33. The standard InChI is InChI=1S/C20H31F2N3O.HI/c1-3-26-14-12-20(10-4-5-11-20)15-25-19(23-2)24-13-9-16-17(21)7-6-8-18(16)22;/h6-8H,3-5,9-15H2,1-2H3,(H2,23,24,25);1H. The van der Waals surface area contributed by atoms with Gasteiger partial charge in [0.15, 0.2) is 5.96 Å². The van der Waals surface area contributed by atoms with E-state index in [0.717, 1.165) is 26.2 Å². The summed E-state index contributed by atoms with van der Waals surface area (Å²) in [6.45, 7) is 4.82. The van der Waals surface area contributed by atoms with Gasteiger partial charge in [0.25, 0.3) is 0 Å². The summed E-state index contributed by atoms with van der Waals surface area (Å²) in [5, 5.41) is 6.55. The van der Waals surface area contributed by atoms with Crippen molar-refractivity contribution in [2.24, 2.45) is 10.4 Å². The fourth-order valence-electron chi connectivity index (χ4n) is 3.64.